The Hall–Kier alpha value is -8.50. The van der Waals surface area contributed by atoms with E-state index in [1.807, 2.05) is 0 Å². The van der Waals surface area contributed by atoms with Gasteiger partial charge in [0.1, 0.15) is 12.1 Å². The van der Waals surface area contributed by atoms with E-state index in [0.29, 0.717) is 66.9 Å². The summed E-state index contributed by atoms with van der Waals surface area (Å²) in [6.45, 7) is 0. The van der Waals surface area contributed by atoms with Gasteiger partial charge in [-0.2, -0.15) is 63.2 Å². The van der Waals surface area contributed by atoms with Crippen molar-refractivity contribution in [3.63, 3.8) is 0 Å². The van der Waals surface area contributed by atoms with E-state index in [1.165, 1.54) is 36.4 Å². The number of nitrogens with zero attached hydrogens (tertiary/aromatic N) is 4. The summed E-state index contributed by atoms with van der Waals surface area (Å²) >= 11 is 0. The Balaban J connectivity index is 1.17. The summed E-state index contributed by atoms with van der Waals surface area (Å²) in [6.07, 6.45) is -20.4. The van der Waals surface area contributed by atoms with Crippen LogP contribution in [0.15, 0.2) is 158 Å². The summed E-state index contributed by atoms with van der Waals surface area (Å²) in [5.74, 6) is 0. The number of hydrogen-bond donors (Lipinski definition) is 0. The Morgan fingerprint density at radius 1 is 0.329 bits per heavy atom. The molecule has 0 spiro atoms. The predicted octanol–water partition coefficient (Wildman–Crippen LogP) is 16.7. The van der Waals surface area contributed by atoms with Gasteiger partial charge in [0.05, 0.1) is 66.8 Å². The second kappa shape index (κ2) is 16.1. The first-order valence-electron chi connectivity index (χ1n) is 20.9. The largest absolute Gasteiger partial charge is 0.417 e. The number of benzene rings is 8. The highest BCUT2D eigenvalue weighted by molar-refractivity contribution is 6.12. The van der Waals surface area contributed by atoms with Crippen LogP contribution in [0.1, 0.15) is 33.4 Å². The zero-order valence-corrected chi connectivity index (χ0v) is 35.3. The van der Waals surface area contributed by atoms with Crippen molar-refractivity contribution in [2.24, 2.45) is 0 Å². The quantitative estimate of drug-likeness (QED) is 0.161. The molecule has 0 unspecified atom stereocenters. The molecule has 70 heavy (non-hydrogen) atoms. The molecule has 0 amide bonds. The molecule has 2 heterocycles. The van der Waals surface area contributed by atoms with E-state index in [2.05, 4.69) is 12.1 Å². The highest BCUT2D eigenvalue weighted by Crippen LogP contribution is 2.46. The monoisotopic (exact) mass is 958 g/mol. The van der Waals surface area contributed by atoms with E-state index in [-0.39, 0.29) is 45.8 Å². The maximum Gasteiger partial charge on any atom is 0.417 e. The minimum atomic E-state index is -5.16. The van der Waals surface area contributed by atoms with Crippen LogP contribution < -0.4 is 0 Å². The summed E-state index contributed by atoms with van der Waals surface area (Å²) in [4.78, 5) is 0. The fourth-order valence-electron chi connectivity index (χ4n) is 9.19. The topological polar surface area (TPSA) is 57.4 Å². The van der Waals surface area contributed by atoms with Gasteiger partial charge in [-0.05, 0) is 106 Å². The Morgan fingerprint density at radius 2 is 0.686 bits per heavy atom. The summed E-state index contributed by atoms with van der Waals surface area (Å²) in [7, 11) is 0. The Kier molecular flexibility index (Phi) is 10.4. The second-order valence-corrected chi connectivity index (χ2v) is 16.4. The molecule has 0 N–H and O–H groups in total. The van der Waals surface area contributed by atoms with Gasteiger partial charge in [0.25, 0.3) is 0 Å². The van der Waals surface area contributed by atoms with Crippen molar-refractivity contribution in [1.29, 1.82) is 10.5 Å². The van der Waals surface area contributed by atoms with E-state index in [4.69, 9.17) is 0 Å². The minimum absolute atomic E-state index is 0.0497. The molecule has 10 aromatic rings. The third kappa shape index (κ3) is 7.62. The first-order chi connectivity index (χ1) is 33.1. The van der Waals surface area contributed by atoms with Crippen molar-refractivity contribution in [2.75, 3.05) is 0 Å². The molecular formula is C54H26F12N4. The highest BCUT2D eigenvalue weighted by Gasteiger charge is 2.40. The number of hydrogen-bond acceptors (Lipinski definition) is 2. The maximum atomic E-state index is 14.4. The van der Waals surface area contributed by atoms with Crippen LogP contribution in [0.2, 0.25) is 0 Å². The van der Waals surface area contributed by atoms with Crippen molar-refractivity contribution in [2.45, 2.75) is 24.7 Å². The Labute approximate surface area is 387 Å². The Morgan fingerprint density at radius 3 is 1.04 bits per heavy atom. The molecule has 0 aliphatic rings. The van der Waals surface area contributed by atoms with E-state index in [1.54, 1.807) is 94.1 Å². The molecule has 16 heteroatoms. The molecule has 0 saturated carbocycles. The lowest BCUT2D eigenvalue weighted by molar-refractivity contribution is -0.144. The van der Waals surface area contributed by atoms with Crippen LogP contribution in [0, 0.1) is 22.7 Å². The first kappa shape index (κ1) is 45.3. The molecule has 0 bridgehead atoms. The van der Waals surface area contributed by atoms with Crippen molar-refractivity contribution in [3.8, 4) is 56.9 Å². The van der Waals surface area contributed by atoms with Gasteiger partial charge >= 0.3 is 24.7 Å². The van der Waals surface area contributed by atoms with Gasteiger partial charge in [0.2, 0.25) is 0 Å². The zero-order chi connectivity index (χ0) is 49.7. The van der Waals surface area contributed by atoms with Gasteiger partial charge in [-0.15, -0.1) is 0 Å². The summed E-state index contributed by atoms with van der Waals surface area (Å²) in [5, 5.41) is 23.4. The molecule has 0 aliphatic carbocycles. The lowest BCUT2D eigenvalue weighted by Crippen LogP contribution is -2.12. The molecule has 10 rings (SSSR count). The van der Waals surface area contributed by atoms with Gasteiger partial charge in [-0.3, -0.25) is 0 Å². The minimum Gasteiger partial charge on any atom is -0.308 e. The van der Waals surface area contributed by atoms with Crippen LogP contribution >= 0.6 is 0 Å². The lowest BCUT2D eigenvalue weighted by atomic mass is 9.95. The number of halogens is 12. The highest BCUT2D eigenvalue weighted by atomic mass is 19.4. The van der Waals surface area contributed by atoms with Crippen LogP contribution in [0.25, 0.3) is 88.4 Å². The van der Waals surface area contributed by atoms with E-state index >= 15 is 0 Å². The molecular weight excluding hydrogens is 933 g/mol. The predicted molar refractivity (Wildman–Crippen MR) is 241 cm³/mol. The summed E-state index contributed by atoms with van der Waals surface area (Å²) in [6, 6.07) is 39.5. The van der Waals surface area contributed by atoms with Crippen molar-refractivity contribution < 1.29 is 52.7 Å². The number of fused-ring (bicyclic) bond motifs is 6. The van der Waals surface area contributed by atoms with Gasteiger partial charge in [-0.1, -0.05) is 84.9 Å². The molecule has 0 atom stereocenters. The summed E-state index contributed by atoms with van der Waals surface area (Å²) < 4.78 is 172. The van der Waals surface area contributed by atoms with Crippen molar-refractivity contribution in [3.05, 3.63) is 191 Å². The molecule has 0 fully saturated rings. The molecule has 4 nitrogen and oxygen atoms in total. The van der Waals surface area contributed by atoms with Crippen LogP contribution in [0.4, 0.5) is 52.7 Å². The maximum absolute atomic E-state index is 14.4. The third-order valence-corrected chi connectivity index (χ3v) is 12.3. The van der Waals surface area contributed by atoms with Crippen molar-refractivity contribution >= 4 is 43.6 Å². The van der Waals surface area contributed by atoms with Crippen molar-refractivity contribution in [1.82, 2.24) is 9.13 Å². The lowest BCUT2D eigenvalue weighted by Gasteiger charge is -2.17. The number of rotatable bonds is 5. The molecule has 2 aromatic heterocycles. The first-order valence-corrected chi connectivity index (χ1v) is 20.9. The van der Waals surface area contributed by atoms with Gasteiger partial charge in [0.15, 0.2) is 0 Å². The average molecular weight is 959 g/mol. The Bertz CT molecular complexity index is 3620. The van der Waals surface area contributed by atoms with E-state index in [9.17, 15) is 63.2 Å². The zero-order valence-electron chi connectivity index (χ0n) is 35.3. The van der Waals surface area contributed by atoms with Crippen LogP contribution in [0.3, 0.4) is 0 Å². The second-order valence-electron chi connectivity index (χ2n) is 16.4. The molecule has 0 radical (unpaired) electrons. The fourth-order valence-corrected chi connectivity index (χ4v) is 9.19. The fraction of sp³-hybridized carbons (Fsp3) is 0.0741. The number of aromatic nitrogens is 2. The molecule has 8 aromatic carbocycles. The standard InChI is InChI=1S/C54H26F12N4/c55-51(56,57)35-15-19-37(43(25-35)53(61,62)63)31-13-17-41-39-5-1-3-7-45(39)69(49(41)23-31)47-21-29(9-11-33(47)27-67)30-10-12-34(28-68)48(22-30)70-46-8-4-2-6-40(46)42-18-14-32(24-50(42)70)38-20-16-36(52(58,59)60)26-44(38)54(64,65)66/h1-26H. The molecule has 346 valence electrons. The van der Waals surface area contributed by atoms with Crippen LogP contribution in [-0.2, 0) is 24.7 Å². The summed E-state index contributed by atoms with van der Waals surface area (Å²) in [5.41, 5.74) is -3.55. The number of alkyl halides is 12. The SMILES string of the molecule is N#Cc1ccc(-c2ccc(C#N)c(-n3c4ccccc4c4ccc(-c5ccc(C(F)(F)F)cc5C(F)(F)F)cc43)c2)cc1-n1c2ccccc2c2ccc(-c3ccc(C(F)(F)F)cc3C(F)(F)F)cc21. The number of nitriles is 2. The van der Waals surface area contributed by atoms with Gasteiger partial charge in [0, 0.05) is 21.5 Å². The smallest absolute Gasteiger partial charge is 0.308 e. The van der Waals surface area contributed by atoms with Crippen LogP contribution in [-0.4, -0.2) is 9.13 Å². The van der Waals surface area contributed by atoms with Gasteiger partial charge in [-0.25, -0.2) is 0 Å². The van der Waals surface area contributed by atoms with Crippen LogP contribution in [0.5, 0.6) is 0 Å². The third-order valence-electron chi connectivity index (χ3n) is 12.3. The molecule has 0 saturated heterocycles. The molecule has 0 aliphatic heterocycles. The van der Waals surface area contributed by atoms with E-state index < -0.39 is 58.1 Å². The normalized spacial score (nSPS) is 12.5. The van der Waals surface area contributed by atoms with Gasteiger partial charge < -0.3 is 9.13 Å². The van der Waals surface area contributed by atoms with E-state index in [0.717, 1.165) is 12.1 Å². The average Bonchev–Trinajstić information content (AvgIpc) is 3.84. The number of para-hydroxylation sites is 2.